The van der Waals surface area contributed by atoms with Gasteiger partial charge in [-0.1, -0.05) is 12.1 Å². The number of hydrogen-bond acceptors (Lipinski definition) is 5. The van der Waals surface area contributed by atoms with Crippen LogP contribution in [-0.4, -0.2) is 35.8 Å². The zero-order chi connectivity index (χ0) is 18.3. The quantitative estimate of drug-likeness (QED) is 0.738. The molecule has 0 aliphatic carbocycles. The van der Waals surface area contributed by atoms with Crippen LogP contribution in [-0.2, 0) is 14.6 Å². The highest BCUT2D eigenvalue weighted by atomic mass is 32.2. The molecule has 1 aliphatic rings. The van der Waals surface area contributed by atoms with E-state index in [1.54, 1.807) is 36.7 Å². The highest BCUT2D eigenvalue weighted by molar-refractivity contribution is 7.90. The lowest BCUT2D eigenvalue weighted by Crippen LogP contribution is -2.23. The van der Waals surface area contributed by atoms with Crippen molar-refractivity contribution in [3.63, 3.8) is 0 Å². The van der Waals surface area contributed by atoms with Crippen molar-refractivity contribution < 1.29 is 13.2 Å². The topological polar surface area (TPSA) is 105 Å². The van der Waals surface area contributed by atoms with Crippen LogP contribution in [0.25, 0.3) is 11.3 Å². The maximum atomic E-state index is 12.1. The molecule has 0 radical (unpaired) electrons. The molecule has 1 unspecified atom stereocenters. The summed E-state index contributed by atoms with van der Waals surface area (Å²) in [7, 11) is -3.27. The van der Waals surface area contributed by atoms with Crippen LogP contribution in [0, 0.1) is 0 Å². The van der Waals surface area contributed by atoms with E-state index in [2.05, 4.69) is 20.5 Å². The van der Waals surface area contributed by atoms with Crippen molar-refractivity contribution >= 4 is 21.6 Å². The Kier molecular flexibility index (Phi) is 3.84. The van der Waals surface area contributed by atoms with Crippen LogP contribution >= 0.6 is 0 Å². The van der Waals surface area contributed by atoms with Gasteiger partial charge in [-0.15, -0.1) is 0 Å². The number of nitrogens with zero attached hydrogens (tertiary/aromatic N) is 2. The fourth-order valence-corrected chi connectivity index (χ4v) is 3.85. The fourth-order valence-electron chi connectivity index (χ4n) is 3.22. The van der Waals surface area contributed by atoms with Crippen molar-refractivity contribution in [3.8, 4) is 11.3 Å². The first-order valence-electron chi connectivity index (χ1n) is 8.02. The number of pyridine rings is 1. The van der Waals surface area contributed by atoms with E-state index < -0.39 is 9.84 Å². The number of H-pyrrole nitrogens is 1. The minimum atomic E-state index is -3.27. The molecule has 132 valence electrons. The lowest BCUT2D eigenvalue weighted by atomic mass is 9.84. The van der Waals surface area contributed by atoms with Gasteiger partial charge >= 0.3 is 0 Å². The Morgan fingerprint density at radius 3 is 2.58 bits per heavy atom. The van der Waals surface area contributed by atoms with Crippen LogP contribution in [0.3, 0.4) is 0 Å². The first-order valence-corrected chi connectivity index (χ1v) is 9.91. The molecule has 7 nitrogen and oxygen atoms in total. The van der Waals surface area contributed by atoms with Gasteiger partial charge in [-0.3, -0.25) is 14.9 Å². The zero-order valence-electron chi connectivity index (χ0n) is 13.9. The third kappa shape index (κ3) is 2.88. The number of fused-ring (bicyclic) bond motifs is 1. The summed E-state index contributed by atoms with van der Waals surface area (Å²) in [6.07, 6.45) is 4.85. The van der Waals surface area contributed by atoms with Gasteiger partial charge in [-0.25, -0.2) is 8.42 Å². The Balaban J connectivity index is 1.82. The number of sulfone groups is 1. The molecule has 0 saturated carbocycles. The van der Waals surface area contributed by atoms with Gasteiger partial charge in [0.1, 0.15) is 0 Å². The van der Waals surface area contributed by atoms with Crippen molar-refractivity contribution in [2.45, 2.75) is 17.2 Å². The highest BCUT2D eigenvalue weighted by Crippen LogP contribution is 2.41. The van der Waals surface area contributed by atoms with Crippen LogP contribution in [0.2, 0.25) is 0 Å². The predicted octanol–water partition coefficient (Wildman–Crippen LogP) is 2.35. The lowest BCUT2D eigenvalue weighted by Gasteiger charge is -2.23. The number of hydrogen-bond donors (Lipinski definition) is 2. The molecule has 3 aromatic rings. The lowest BCUT2D eigenvalue weighted by molar-refractivity contribution is -0.116. The number of amides is 1. The van der Waals surface area contributed by atoms with E-state index in [0.29, 0.717) is 5.82 Å². The maximum absolute atomic E-state index is 12.1. The molecule has 3 heterocycles. The second-order valence-electron chi connectivity index (χ2n) is 6.25. The van der Waals surface area contributed by atoms with E-state index in [-0.39, 0.29) is 23.1 Å². The summed E-state index contributed by atoms with van der Waals surface area (Å²) in [5.74, 6) is 0.150. The molecule has 2 aromatic heterocycles. The molecule has 0 saturated heterocycles. The SMILES string of the molecule is CS(=O)(=O)c1ccc(C2CC(=O)Nc3n[nH]c(-c4cccnc4)c32)cc1. The molecule has 1 amide bonds. The van der Waals surface area contributed by atoms with Gasteiger partial charge in [-0.05, 0) is 29.8 Å². The summed E-state index contributed by atoms with van der Waals surface area (Å²) in [5, 5.41) is 10.0. The van der Waals surface area contributed by atoms with Gasteiger partial charge in [-0.2, -0.15) is 5.10 Å². The van der Waals surface area contributed by atoms with E-state index in [1.165, 1.54) is 6.26 Å². The Morgan fingerprint density at radius 2 is 1.92 bits per heavy atom. The monoisotopic (exact) mass is 368 g/mol. The number of aromatic nitrogens is 3. The smallest absolute Gasteiger partial charge is 0.226 e. The largest absolute Gasteiger partial charge is 0.309 e. The summed E-state index contributed by atoms with van der Waals surface area (Å²) >= 11 is 0. The van der Waals surface area contributed by atoms with E-state index in [1.807, 2.05) is 12.1 Å². The third-order valence-electron chi connectivity index (χ3n) is 4.46. The molecule has 0 fully saturated rings. The first kappa shape index (κ1) is 16.5. The Bertz CT molecular complexity index is 1070. The highest BCUT2D eigenvalue weighted by Gasteiger charge is 2.32. The second kappa shape index (κ2) is 6.06. The Morgan fingerprint density at radius 1 is 1.15 bits per heavy atom. The number of benzene rings is 1. The van der Waals surface area contributed by atoms with Crippen molar-refractivity contribution in [2.24, 2.45) is 0 Å². The first-order chi connectivity index (χ1) is 12.4. The summed E-state index contributed by atoms with van der Waals surface area (Å²) in [6, 6.07) is 10.4. The van der Waals surface area contributed by atoms with Gasteiger partial charge < -0.3 is 5.32 Å². The molecule has 26 heavy (non-hydrogen) atoms. The van der Waals surface area contributed by atoms with Gasteiger partial charge in [0.15, 0.2) is 15.7 Å². The van der Waals surface area contributed by atoms with Crippen LogP contribution in [0.15, 0.2) is 53.7 Å². The summed E-state index contributed by atoms with van der Waals surface area (Å²) in [6.45, 7) is 0. The standard InChI is InChI=1S/C18H16N4O3S/c1-26(24,25)13-6-4-11(5-7-13)14-9-15(23)20-18-16(14)17(21-22-18)12-3-2-8-19-10-12/h2-8,10,14H,9H2,1H3,(H2,20,21,22,23). The van der Waals surface area contributed by atoms with E-state index in [0.717, 1.165) is 22.4 Å². The van der Waals surface area contributed by atoms with Crippen molar-refractivity contribution in [1.82, 2.24) is 15.2 Å². The number of nitrogens with one attached hydrogen (secondary N) is 2. The molecular formula is C18H16N4O3S. The van der Waals surface area contributed by atoms with Crippen LogP contribution < -0.4 is 5.32 Å². The number of anilines is 1. The molecule has 8 heteroatoms. The number of carbonyl (C=O) groups is 1. The van der Waals surface area contributed by atoms with Crippen molar-refractivity contribution in [3.05, 3.63) is 59.9 Å². The van der Waals surface area contributed by atoms with Crippen LogP contribution in [0.1, 0.15) is 23.5 Å². The maximum Gasteiger partial charge on any atom is 0.226 e. The summed E-state index contributed by atoms with van der Waals surface area (Å²) < 4.78 is 23.4. The van der Waals surface area contributed by atoms with E-state index >= 15 is 0 Å². The minimum Gasteiger partial charge on any atom is -0.309 e. The van der Waals surface area contributed by atoms with Gasteiger partial charge in [0.2, 0.25) is 5.91 Å². The number of rotatable bonds is 3. The average Bonchev–Trinajstić information content (AvgIpc) is 3.05. The molecule has 1 atom stereocenters. The fraction of sp³-hybridized carbons (Fsp3) is 0.167. The molecule has 1 aromatic carbocycles. The van der Waals surface area contributed by atoms with Gasteiger partial charge in [0.25, 0.3) is 0 Å². The van der Waals surface area contributed by atoms with Crippen molar-refractivity contribution in [2.75, 3.05) is 11.6 Å². The summed E-state index contributed by atoms with van der Waals surface area (Å²) in [4.78, 5) is 16.5. The molecular weight excluding hydrogens is 352 g/mol. The molecule has 2 N–H and O–H groups in total. The molecule has 0 spiro atoms. The number of carbonyl (C=O) groups excluding carboxylic acids is 1. The molecule has 1 aliphatic heterocycles. The van der Waals surface area contributed by atoms with Gasteiger partial charge in [0, 0.05) is 42.1 Å². The van der Waals surface area contributed by atoms with Gasteiger partial charge in [0.05, 0.1) is 10.6 Å². The number of aromatic amines is 1. The molecule has 4 rings (SSSR count). The zero-order valence-corrected chi connectivity index (χ0v) is 14.7. The van der Waals surface area contributed by atoms with Crippen LogP contribution in [0.4, 0.5) is 5.82 Å². The molecule has 0 bridgehead atoms. The summed E-state index contributed by atoms with van der Waals surface area (Å²) in [5.41, 5.74) is 3.41. The second-order valence-corrected chi connectivity index (χ2v) is 8.26. The van der Waals surface area contributed by atoms with Crippen LogP contribution in [0.5, 0.6) is 0 Å². The predicted molar refractivity (Wildman–Crippen MR) is 96.5 cm³/mol. The van der Waals surface area contributed by atoms with E-state index in [9.17, 15) is 13.2 Å². The normalized spacial score (nSPS) is 16.8. The third-order valence-corrected chi connectivity index (χ3v) is 5.59. The minimum absolute atomic E-state index is 0.126. The average molecular weight is 368 g/mol. The Labute approximate surface area is 150 Å². The van der Waals surface area contributed by atoms with Crippen molar-refractivity contribution in [1.29, 1.82) is 0 Å². The Hall–Kier alpha value is -3.00. The van der Waals surface area contributed by atoms with E-state index in [4.69, 9.17) is 0 Å².